The number of carbonyl (C=O) groups excluding carboxylic acids is 1. The lowest BCUT2D eigenvalue weighted by atomic mass is 9.82. The van der Waals surface area contributed by atoms with E-state index >= 15 is 0 Å². The summed E-state index contributed by atoms with van der Waals surface area (Å²) in [5.41, 5.74) is 0.678. The predicted molar refractivity (Wildman–Crippen MR) is 87.9 cm³/mol. The van der Waals surface area contributed by atoms with Crippen LogP contribution in [0.15, 0.2) is 30.3 Å². The van der Waals surface area contributed by atoms with Gasteiger partial charge in [0, 0.05) is 13.0 Å². The Bertz CT molecular complexity index is 607. The SMILES string of the molecule is O=C1N2[C@@H](C[C@]13CC[C@@H](CCO)C3)O[C@@H](c1ccccc1)[C@@H]2CO. The van der Waals surface area contributed by atoms with E-state index in [1.54, 1.807) is 4.90 Å². The average Bonchev–Trinajstić information content (AvgIpc) is 3.24. The highest BCUT2D eigenvalue weighted by Crippen LogP contribution is 2.55. The fraction of sp³-hybridized carbons (Fsp3) is 0.632. The van der Waals surface area contributed by atoms with Crippen LogP contribution in [0.3, 0.4) is 0 Å². The Labute approximate surface area is 142 Å². The highest BCUT2D eigenvalue weighted by Gasteiger charge is 2.60. The Morgan fingerprint density at radius 2 is 2.00 bits per heavy atom. The summed E-state index contributed by atoms with van der Waals surface area (Å²) in [5, 5.41) is 19.1. The monoisotopic (exact) mass is 331 g/mol. The number of hydrogen-bond donors (Lipinski definition) is 2. The van der Waals surface area contributed by atoms with Gasteiger partial charge >= 0.3 is 0 Å². The molecule has 1 spiro atoms. The van der Waals surface area contributed by atoms with E-state index in [4.69, 9.17) is 4.74 Å². The predicted octanol–water partition coefficient (Wildman–Crippen LogP) is 1.85. The largest absolute Gasteiger partial charge is 0.396 e. The standard InChI is InChI=1S/C19H25NO4/c21-9-7-13-6-8-19(10-13)11-16-20(18(19)23)15(12-22)17(24-16)14-4-2-1-3-5-14/h1-5,13,15-17,21-22H,6-12H2/t13-,15-,16+,17-,19+/m0/s1. The van der Waals surface area contributed by atoms with Crippen LogP contribution in [0.4, 0.5) is 0 Å². The van der Waals surface area contributed by atoms with Crippen LogP contribution in [0, 0.1) is 11.3 Å². The van der Waals surface area contributed by atoms with Gasteiger partial charge in [-0.15, -0.1) is 0 Å². The summed E-state index contributed by atoms with van der Waals surface area (Å²) >= 11 is 0. The summed E-state index contributed by atoms with van der Waals surface area (Å²) in [6, 6.07) is 9.53. The molecule has 2 aliphatic heterocycles. The van der Waals surface area contributed by atoms with E-state index in [0.29, 0.717) is 12.3 Å². The fourth-order valence-electron chi connectivity index (χ4n) is 4.98. The maximum atomic E-state index is 13.2. The lowest BCUT2D eigenvalue weighted by Gasteiger charge is -2.28. The zero-order valence-electron chi connectivity index (χ0n) is 13.8. The molecule has 3 aliphatic rings. The smallest absolute Gasteiger partial charge is 0.231 e. The van der Waals surface area contributed by atoms with Crippen LogP contribution in [0.5, 0.6) is 0 Å². The van der Waals surface area contributed by atoms with E-state index in [1.807, 2.05) is 30.3 Å². The second kappa shape index (κ2) is 6.14. The van der Waals surface area contributed by atoms with Crippen molar-refractivity contribution in [3.05, 3.63) is 35.9 Å². The van der Waals surface area contributed by atoms with E-state index in [2.05, 4.69) is 0 Å². The Hall–Kier alpha value is -1.43. The molecule has 0 unspecified atom stereocenters. The number of benzene rings is 1. The van der Waals surface area contributed by atoms with Crippen LogP contribution in [0.2, 0.25) is 0 Å². The highest BCUT2D eigenvalue weighted by atomic mass is 16.5. The van der Waals surface area contributed by atoms with Gasteiger partial charge in [-0.2, -0.15) is 0 Å². The highest BCUT2D eigenvalue weighted by molar-refractivity contribution is 5.86. The summed E-state index contributed by atoms with van der Waals surface area (Å²) in [4.78, 5) is 15.0. The molecule has 0 aromatic heterocycles. The van der Waals surface area contributed by atoms with Crippen LogP contribution >= 0.6 is 0 Å². The normalized spacial score (nSPS) is 38.2. The number of hydrogen-bond acceptors (Lipinski definition) is 4. The number of amides is 1. The molecule has 3 fully saturated rings. The maximum absolute atomic E-state index is 13.2. The van der Waals surface area contributed by atoms with Crippen molar-refractivity contribution in [1.29, 1.82) is 0 Å². The number of fused-ring (bicyclic) bond motifs is 1. The van der Waals surface area contributed by atoms with Gasteiger partial charge < -0.3 is 19.8 Å². The Morgan fingerprint density at radius 1 is 1.21 bits per heavy atom. The third-order valence-corrected chi connectivity index (χ3v) is 6.14. The molecule has 24 heavy (non-hydrogen) atoms. The second-order valence-electron chi connectivity index (χ2n) is 7.49. The van der Waals surface area contributed by atoms with Crippen molar-refractivity contribution in [2.45, 2.75) is 50.5 Å². The Kier molecular flexibility index (Phi) is 4.11. The first-order chi connectivity index (χ1) is 11.7. The number of ether oxygens (including phenoxy) is 1. The third-order valence-electron chi connectivity index (χ3n) is 6.14. The summed E-state index contributed by atoms with van der Waals surface area (Å²) < 4.78 is 6.22. The zero-order valence-corrected chi connectivity index (χ0v) is 13.8. The van der Waals surface area contributed by atoms with Crippen molar-refractivity contribution in [2.75, 3.05) is 13.2 Å². The number of rotatable bonds is 4. The molecular weight excluding hydrogens is 306 g/mol. The van der Waals surface area contributed by atoms with Gasteiger partial charge in [0.25, 0.3) is 0 Å². The zero-order chi connectivity index (χ0) is 16.7. The van der Waals surface area contributed by atoms with Gasteiger partial charge in [-0.05, 0) is 37.2 Å². The average molecular weight is 331 g/mol. The fourth-order valence-corrected chi connectivity index (χ4v) is 4.98. The Morgan fingerprint density at radius 3 is 2.71 bits per heavy atom. The molecule has 5 heteroatoms. The number of nitrogens with zero attached hydrogens (tertiary/aromatic N) is 1. The van der Waals surface area contributed by atoms with Crippen LogP contribution in [0.25, 0.3) is 0 Å². The van der Waals surface area contributed by atoms with Gasteiger partial charge in [0.1, 0.15) is 12.3 Å². The number of aliphatic hydroxyl groups excluding tert-OH is 2. The minimum atomic E-state index is -0.334. The molecular formula is C19H25NO4. The summed E-state index contributed by atoms with van der Waals surface area (Å²) in [6.07, 6.45) is 3.73. The van der Waals surface area contributed by atoms with Crippen LogP contribution in [-0.2, 0) is 9.53 Å². The summed E-state index contributed by atoms with van der Waals surface area (Å²) in [6.45, 7) is 0.103. The molecule has 1 saturated carbocycles. The van der Waals surface area contributed by atoms with E-state index in [0.717, 1.165) is 31.2 Å². The second-order valence-corrected chi connectivity index (χ2v) is 7.49. The first kappa shape index (κ1) is 16.1. The van der Waals surface area contributed by atoms with E-state index < -0.39 is 0 Å². The van der Waals surface area contributed by atoms with E-state index in [-0.39, 0.29) is 42.9 Å². The van der Waals surface area contributed by atoms with Crippen molar-refractivity contribution in [1.82, 2.24) is 4.90 Å². The van der Waals surface area contributed by atoms with Crippen LogP contribution in [-0.4, -0.2) is 46.5 Å². The lowest BCUT2D eigenvalue weighted by molar-refractivity contribution is -0.138. The van der Waals surface area contributed by atoms with Gasteiger partial charge in [0.05, 0.1) is 18.1 Å². The molecule has 1 aromatic rings. The Balaban J connectivity index is 1.56. The first-order valence-electron chi connectivity index (χ1n) is 8.93. The van der Waals surface area contributed by atoms with Crippen molar-refractivity contribution in [3.8, 4) is 0 Å². The molecule has 1 aliphatic carbocycles. The number of carbonyl (C=O) groups is 1. The van der Waals surface area contributed by atoms with Gasteiger partial charge in [0.2, 0.25) is 5.91 Å². The minimum absolute atomic E-state index is 0.0854. The maximum Gasteiger partial charge on any atom is 0.231 e. The van der Waals surface area contributed by atoms with Gasteiger partial charge in [-0.25, -0.2) is 0 Å². The molecule has 130 valence electrons. The van der Waals surface area contributed by atoms with E-state index in [1.165, 1.54) is 0 Å². The van der Waals surface area contributed by atoms with Crippen molar-refractivity contribution in [3.63, 3.8) is 0 Å². The molecule has 2 heterocycles. The molecule has 5 atom stereocenters. The molecule has 2 N–H and O–H groups in total. The summed E-state index contributed by atoms with van der Waals surface area (Å²) in [7, 11) is 0. The molecule has 0 bridgehead atoms. The van der Waals surface area contributed by atoms with E-state index in [9.17, 15) is 15.0 Å². The molecule has 5 nitrogen and oxygen atoms in total. The topological polar surface area (TPSA) is 70.0 Å². The first-order valence-corrected chi connectivity index (χ1v) is 8.93. The van der Waals surface area contributed by atoms with Crippen LogP contribution in [0.1, 0.15) is 43.8 Å². The molecule has 1 aromatic carbocycles. The molecule has 4 rings (SSSR count). The van der Waals surface area contributed by atoms with Crippen LogP contribution < -0.4 is 0 Å². The number of aliphatic hydroxyl groups is 2. The lowest BCUT2D eigenvalue weighted by Crippen LogP contribution is -2.42. The van der Waals surface area contributed by atoms with Crippen molar-refractivity contribution >= 4 is 5.91 Å². The van der Waals surface area contributed by atoms with Crippen molar-refractivity contribution < 1.29 is 19.7 Å². The summed E-state index contributed by atoms with van der Waals surface area (Å²) in [5.74, 6) is 0.571. The molecule has 2 saturated heterocycles. The molecule has 1 amide bonds. The molecule has 0 radical (unpaired) electrons. The van der Waals surface area contributed by atoms with Gasteiger partial charge in [-0.1, -0.05) is 30.3 Å². The third kappa shape index (κ3) is 2.38. The van der Waals surface area contributed by atoms with Crippen molar-refractivity contribution in [2.24, 2.45) is 11.3 Å². The van der Waals surface area contributed by atoms with Gasteiger partial charge in [-0.3, -0.25) is 4.79 Å². The minimum Gasteiger partial charge on any atom is -0.396 e. The quantitative estimate of drug-likeness (QED) is 0.883. The van der Waals surface area contributed by atoms with Gasteiger partial charge in [0.15, 0.2) is 0 Å².